The Balaban J connectivity index is 1.63. The lowest BCUT2D eigenvalue weighted by atomic mass is 9.94. The summed E-state index contributed by atoms with van der Waals surface area (Å²) in [5.74, 6) is -1.28. The van der Waals surface area contributed by atoms with Crippen LogP contribution in [0.2, 0.25) is 0 Å². The van der Waals surface area contributed by atoms with Gasteiger partial charge < -0.3 is 14.2 Å². The molecule has 4 unspecified atom stereocenters. The van der Waals surface area contributed by atoms with E-state index in [-0.39, 0.29) is 12.2 Å². The number of hydrogen-bond acceptors (Lipinski definition) is 5. The van der Waals surface area contributed by atoms with Crippen molar-refractivity contribution in [2.45, 2.75) is 24.4 Å². The van der Waals surface area contributed by atoms with E-state index in [9.17, 15) is 14.0 Å². The molecule has 7 heteroatoms. The molecule has 0 aromatic heterocycles. The first-order chi connectivity index (χ1) is 12.6. The molecule has 26 heavy (non-hydrogen) atoms. The SMILES string of the molecule is [B]C1OC(COC(=O)c2ccccc2)C(OC(=O)c2ccccc2)C1F. The molecule has 1 fully saturated rings. The maximum atomic E-state index is 14.3. The number of halogens is 1. The average Bonchev–Trinajstić information content (AvgIpc) is 2.95. The highest BCUT2D eigenvalue weighted by molar-refractivity contribution is 6.11. The van der Waals surface area contributed by atoms with Crippen LogP contribution in [0.3, 0.4) is 0 Å². The van der Waals surface area contributed by atoms with Gasteiger partial charge in [-0.25, -0.2) is 14.0 Å². The summed E-state index contributed by atoms with van der Waals surface area (Å²) in [7, 11) is 5.56. The lowest BCUT2D eigenvalue weighted by molar-refractivity contribution is -0.0351. The Morgan fingerprint density at radius 3 is 2.08 bits per heavy atom. The van der Waals surface area contributed by atoms with Gasteiger partial charge in [-0.05, 0) is 24.3 Å². The fourth-order valence-electron chi connectivity index (χ4n) is 2.60. The Morgan fingerprint density at radius 2 is 1.50 bits per heavy atom. The molecule has 0 amide bonds. The normalized spacial score (nSPS) is 24.8. The highest BCUT2D eigenvalue weighted by Gasteiger charge is 2.45. The first kappa shape index (κ1) is 18.1. The van der Waals surface area contributed by atoms with E-state index < -0.39 is 36.3 Å². The number of alkyl halides is 1. The number of esters is 2. The minimum atomic E-state index is -1.72. The molecule has 1 aliphatic heterocycles. The summed E-state index contributed by atoms with van der Waals surface area (Å²) in [6.45, 7) is -0.283. The van der Waals surface area contributed by atoms with Crippen molar-refractivity contribution in [3.8, 4) is 0 Å². The fraction of sp³-hybridized carbons (Fsp3) is 0.263. The molecule has 3 rings (SSSR count). The molecule has 2 aromatic rings. The lowest BCUT2D eigenvalue weighted by Crippen LogP contribution is -2.37. The molecule has 1 saturated heterocycles. The van der Waals surface area contributed by atoms with Crippen molar-refractivity contribution >= 4 is 19.8 Å². The zero-order valence-corrected chi connectivity index (χ0v) is 13.8. The number of hydrogen-bond donors (Lipinski definition) is 0. The van der Waals surface area contributed by atoms with E-state index in [1.165, 1.54) is 0 Å². The first-order valence-electron chi connectivity index (χ1n) is 8.09. The largest absolute Gasteiger partial charge is 0.459 e. The third-order valence-electron chi connectivity index (χ3n) is 3.97. The standard InChI is InChI=1S/C19H16BFO5/c20-17-15(21)16(26-19(23)13-9-5-2-6-10-13)14(25-17)11-24-18(22)12-7-3-1-4-8-12/h1-10,14-17H,11H2. The van der Waals surface area contributed by atoms with Gasteiger partial charge in [0.1, 0.15) is 20.6 Å². The molecule has 0 spiro atoms. The molecule has 2 radical (unpaired) electrons. The molecular weight excluding hydrogens is 338 g/mol. The third kappa shape index (κ3) is 4.11. The third-order valence-corrected chi connectivity index (χ3v) is 3.97. The van der Waals surface area contributed by atoms with E-state index in [1.54, 1.807) is 60.7 Å². The first-order valence-corrected chi connectivity index (χ1v) is 8.09. The highest BCUT2D eigenvalue weighted by atomic mass is 19.1. The van der Waals surface area contributed by atoms with Gasteiger partial charge in [0.25, 0.3) is 0 Å². The Bertz CT molecular complexity index is 755. The lowest BCUT2D eigenvalue weighted by Gasteiger charge is -2.20. The summed E-state index contributed by atoms with van der Waals surface area (Å²) in [4.78, 5) is 24.2. The zero-order chi connectivity index (χ0) is 18.5. The van der Waals surface area contributed by atoms with E-state index in [2.05, 4.69) is 0 Å². The van der Waals surface area contributed by atoms with Crippen molar-refractivity contribution in [3.05, 3.63) is 71.8 Å². The molecule has 5 nitrogen and oxygen atoms in total. The van der Waals surface area contributed by atoms with Crippen LogP contribution in [0.4, 0.5) is 4.39 Å². The molecule has 1 aliphatic rings. The van der Waals surface area contributed by atoms with Gasteiger partial charge in [-0.15, -0.1) is 0 Å². The van der Waals surface area contributed by atoms with E-state index in [0.29, 0.717) is 5.56 Å². The van der Waals surface area contributed by atoms with Crippen molar-refractivity contribution in [1.82, 2.24) is 0 Å². The van der Waals surface area contributed by atoms with Crippen LogP contribution in [-0.2, 0) is 14.2 Å². The van der Waals surface area contributed by atoms with Crippen molar-refractivity contribution in [2.24, 2.45) is 0 Å². The molecular formula is C19H16BFO5. The monoisotopic (exact) mass is 354 g/mol. The van der Waals surface area contributed by atoms with Crippen LogP contribution in [-0.4, -0.2) is 50.8 Å². The second kappa shape index (κ2) is 8.14. The average molecular weight is 354 g/mol. The molecule has 0 saturated carbocycles. The van der Waals surface area contributed by atoms with Crippen LogP contribution in [0.25, 0.3) is 0 Å². The summed E-state index contributed by atoms with van der Waals surface area (Å²) >= 11 is 0. The summed E-state index contributed by atoms with van der Waals surface area (Å²) < 4.78 is 29.9. The van der Waals surface area contributed by atoms with Crippen LogP contribution in [0.5, 0.6) is 0 Å². The van der Waals surface area contributed by atoms with E-state index in [0.717, 1.165) is 0 Å². The second-order valence-corrected chi connectivity index (χ2v) is 5.78. The quantitative estimate of drug-likeness (QED) is 0.609. The summed E-state index contributed by atoms with van der Waals surface area (Å²) in [5, 5.41) is 0. The molecule has 0 bridgehead atoms. The number of benzene rings is 2. The summed E-state index contributed by atoms with van der Waals surface area (Å²) in [6.07, 6.45) is -3.97. The van der Waals surface area contributed by atoms with Crippen LogP contribution in [0.1, 0.15) is 20.7 Å². The molecule has 1 heterocycles. The van der Waals surface area contributed by atoms with E-state index in [1.807, 2.05) is 0 Å². The minimum absolute atomic E-state index is 0.278. The van der Waals surface area contributed by atoms with Crippen LogP contribution >= 0.6 is 0 Å². The maximum absolute atomic E-state index is 14.3. The van der Waals surface area contributed by atoms with E-state index >= 15 is 0 Å². The van der Waals surface area contributed by atoms with Gasteiger partial charge in [0.2, 0.25) is 0 Å². The highest BCUT2D eigenvalue weighted by Crippen LogP contribution is 2.26. The van der Waals surface area contributed by atoms with Crippen molar-refractivity contribution < 1.29 is 28.2 Å². The van der Waals surface area contributed by atoms with Gasteiger partial charge in [0.05, 0.1) is 17.1 Å². The Morgan fingerprint density at radius 1 is 0.962 bits per heavy atom. The summed E-state index contributed by atoms with van der Waals surface area (Å²) in [6, 6.07) is 15.3. The predicted molar refractivity (Wildman–Crippen MR) is 91.7 cm³/mol. The van der Waals surface area contributed by atoms with Gasteiger partial charge >= 0.3 is 11.9 Å². The van der Waals surface area contributed by atoms with Crippen LogP contribution < -0.4 is 0 Å². The van der Waals surface area contributed by atoms with E-state index in [4.69, 9.17) is 22.1 Å². The smallest absolute Gasteiger partial charge is 0.338 e. The van der Waals surface area contributed by atoms with Crippen molar-refractivity contribution in [3.63, 3.8) is 0 Å². The number of carbonyl (C=O) groups excluding carboxylic acids is 2. The Labute approximate surface area is 151 Å². The van der Waals surface area contributed by atoms with Crippen molar-refractivity contribution in [1.29, 1.82) is 0 Å². The van der Waals surface area contributed by atoms with Crippen molar-refractivity contribution in [2.75, 3.05) is 6.61 Å². The Kier molecular flexibility index (Phi) is 5.68. The number of carbonyl (C=O) groups is 2. The molecule has 0 aliphatic carbocycles. The predicted octanol–water partition coefficient (Wildman–Crippen LogP) is 2.30. The maximum Gasteiger partial charge on any atom is 0.338 e. The fourth-order valence-corrected chi connectivity index (χ4v) is 2.60. The van der Waals surface area contributed by atoms with Gasteiger partial charge in [-0.1, -0.05) is 36.4 Å². The second-order valence-electron chi connectivity index (χ2n) is 5.78. The topological polar surface area (TPSA) is 61.8 Å². The summed E-state index contributed by atoms with van der Waals surface area (Å²) in [5.41, 5.74) is 0.629. The van der Waals surface area contributed by atoms with Gasteiger partial charge in [-0.3, -0.25) is 0 Å². The van der Waals surface area contributed by atoms with Crippen LogP contribution in [0.15, 0.2) is 60.7 Å². The molecule has 132 valence electrons. The van der Waals surface area contributed by atoms with Gasteiger partial charge in [0, 0.05) is 0 Å². The van der Waals surface area contributed by atoms with Gasteiger partial charge in [-0.2, -0.15) is 0 Å². The number of rotatable bonds is 5. The molecule has 2 aromatic carbocycles. The van der Waals surface area contributed by atoms with Gasteiger partial charge in [0.15, 0.2) is 12.3 Å². The molecule has 0 N–H and O–H groups in total. The minimum Gasteiger partial charge on any atom is -0.459 e. The van der Waals surface area contributed by atoms with Crippen LogP contribution in [0, 0.1) is 0 Å². The Hall–Kier alpha value is -2.67. The number of ether oxygens (including phenoxy) is 3. The zero-order valence-electron chi connectivity index (χ0n) is 13.8. The molecule has 4 atom stereocenters.